The highest BCUT2D eigenvalue weighted by molar-refractivity contribution is 5.15. The fourth-order valence-electron chi connectivity index (χ4n) is 2.32. The zero-order chi connectivity index (χ0) is 11.5. The van der Waals surface area contributed by atoms with Gasteiger partial charge in [0, 0.05) is 19.5 Å². The van der Waals surface area contributed by atoms with Crippen molar-refractivity contribution in [1.82, 2.24) is 20.0 Å². The zero-order valence-corrected chi connectivity index (χ0v) is 10.5. The summed E-state index contributed by atoms with van der Waals surface area (Å²) < 4.78 is 2.03. The first-order valence-corrected chi connectivity index (χ1v) is 6.05. The van der Waals surface area contributed by atoms with E-state index in [1.54, 1.807) is 0 Å². The van der Waals surface area contributed by atoms with Gasteiger partial charge >= 0.3 is 0 Å². The van der Waals surface area contributed by atoms with E-state index in [1.807, 2.05) is 11.7 Å². The quantitative estimate of drug-likeness (QED) is 0.826. The Bertz CT molecular complexity index is 337. The molecule has 0 atom stereocenters. The van der Waals surface area contributed by atoms with Crippen molar-refractivity contribution in [3.05, 3.63) is 17.5 Å². The number of hydrogen-bond donors (Lipinski definition) is 1. The molecule has 1 saturated heterocycles. The Labute approximate surface area is 97.6 Å². The summed E-state index contributed by atoms with van der Waals surface area (Å²) in [6.07, 6.45) is 2.44. The van der Waals surface area contributed by atoms with Crippen LogP contribution in [0.25, 0.3) is 0 Å². The molecule has 90 valence electrons. The van der Waals surface area contributed by atoms with Crippen molar-refractivity contribution in [2.45, 2.75) is 25.3 Å². The van der Waals surface area contributed by atoms with Crippen LogP contribution in [0.1, 0.15) is 30.1 Å². The summed E-state index contributed by atoms with van der Waals surface area (Å²) in [4.78, 5) is 2.18. The largest absolute Gasteiger partial charge is 0.317 e. The average molecular weight is 222 g/mol. The number of piperidine rings is 1. The van der Waals surface area contributed by atoms with Crippen LogP contribution in [0, 0.1) is 0 Å². The summed E-state index contributed by atoms with van der Waals surface area (Å²) in [5.74, 6) is 0.656. The second kappa shape index (κ2) is 4.97. The monoisotopic (exact) mass is 222 g/mol. The molecule has 4 heteroatoms. The third kappa shape index (κ3) is 2.62. The van der Waals surface area contributed by atoms with Gasteiger partial charge in [0.25, 0.3) is 0 Å². The molecule has 0 aliphatic carbocycles. The first-order chi connectivity index (χ1) is 7.66. The predicted molar refractivity (Wildman–Crippen MR) is 65.4 cm³/mol. The standard InChI is InChI=1S/C12H22N4/c1-15(2)9-11-8-12(14-16(11)3)10-4-6-13-7-5-10/h8,10,13H,4-7,9H2,1-3H3. The minimum atomic E-state index is 0.656. The molecule has 1 N–H and O–H groups in total. The molecule has 0 saturated carbocycles. The Morgan fingerprint density at radius 3 is 2.75 bits per heavy atom. The summed E-state index contributed by atoms with van der Waals surface area (Å²) >= 11 is 0. The normalized spacial score (nSPS) is 18.2. The van der Waals surface area contributed by atoms with Gasteiger partial charge < -0.3 is 10.2 Å². The SMILES string of the molecule is CN(C)Cc1cc(C2CCNCC2)nn1C. The van der Waals surface area contributed by atoms with E-state index in [0.29, 0.717) is 5.92 Å². The second-order valence-electron chi connectivity index (χ2n) is 4.95. The lowest BCUT2D eigenvalue weighted by Gasteiger charge is -2.20. The summed E-state index contributed by atoms with van der Waals surface area (Å²) in [7, 11) is 6.23. The van der Waals surface area contributed by atoms with Crippen LogP contribution in [0.2, 0.25) is 0 Å². The Kier molecular flexibility index (Phi) is 3.61. The third-order valence-corrected chi connectivity index (χ3v) is 3.23. The van der Waals surface area contributed by atoms with Crippen LogP contribution in [0.5, 0.6) is 0 Å². The lowest BCUT2D eigenvalue weighted by molar-refractivity contribution is 0.387. The third-order valence-electron chi connectivity index (χ3n) is 3.23. The van der Waals surface area contributed by atoms with Gasteiger partial charge in [0.1, 0.15) is 0 Å². The van der Waals surface area contributed by atoms with E-state index in [1.165, 1.54) is 24.2 Å². The molecule has 1 aromatic heterocycles. The van der Waals surface area contributed by atoms with Gasteiger partial charge in [-0.3, -0.25) is 4.68 Å². The first-order valence-electron chi connectivity index (χ1n) is 6.05. The molecule has 0 aromatic carbocycles. The first kappa shape index (κ1) is 11.6. The lowest BCUT2D eigenvalue weighted by atomic mass is 9.94. The minimum Gasteiger partial charge on any atom is -0.317 e. The van der Waals surface area contributed by atoms with Crippen LogP contribution in [-0.4, -0.2) is 41.9 Å². The van der Waals surface area contributed by atoms with Crippen molar-refractivity contribution in [2.24, 2.45) is 7.05 Å². The molecular weight excluding hydrogens is 200 g/mol. The van der Waals surface area contributed by atoms with Gasteiger partial charge in [-0.2, -0.15) is 5.10 Å². The molecule has 16 heavy (non-hydrogen) atoms. The summed E-state index contributed by atoms with van der Waals surface area (Å²) in [5.41, 5.74) is 2.58. The molecule has 0 radical (unpaired) electrons. The molecule has 1 aromatic rings. The number of nitrogens with one attached hydrogen (secondary N) is 1. The van der Waals surface area contributed by atoms with Crippen LogP contribution in [-0.2, 0) is 13.6 Å². The Balaban J connectivity index is 2.09. The molecule has 2 heterocycles. The van der Waals surface area contributed by atoms with Crippen LogP contribution >= 0.6 is 0 Å². The number of rotatable bonds is 3. The van der Waals surface area contributed by atoms with Gasteiger partial charge in [-0.1, -0.05) is 0 Å². The van der Waals surface area contributed by atoms with E-state index in [4.69, 9.17) is 0 Å². The maximum absolute atomic E-state index is 4.65. The maximum atomic E-state index is 4.65. The Morgan fingerprint density at radius 2 is 2.12 bits per heavy atom. The van der Waals surface area contributed by atoms with Crippen LogP contribution in [0.15, 0.2) is 6.07 Å². The molecule has 1 aliphatic rings. The fraction of sp³-hybridized carbons (Fsp3) is 0.750. The van der Waals surface area contributed by atoms with Crippen molar-refractivity contribution in [3.63, 3.8) is 0 Å². The maximum Gasteiger partial charge on any atom is 0.0659 e. The van der Waals surface area contributed by atoms with Gasteiger partial charge in [-0.05, 0) is 46.1 Å². The Hall–Kier alpha value is -0.870. The minimum absolute atomic E-state index is 0.656. The van der Waals surface area contributed by atoms with Crippen molar-refractivity contribution in [2.75, 3.05) is 27.2 Å². The molecule has 1 fully saturated rings. The van der Waals surface area contributed by atoms with E-state index in [2.05, 4.69) is 35.5 Å². The smallest absolute Gasteiger partial charge is 0.0659 e. The molecule has 2 rings (SSSR count). The van der Waals surface area contributed by atoms with Crippen LogP contribution < -0.4 is 5.32 Å². The number of nitrogens with zero attached hydrogens (tertiary/aromatic N) is 3. The second-order valence-corrected chi connectivity index (χ2v) is 4.95. The van der Waals surface area contributed by atoms with Crippen molar-refractivity contribution >= 4 is 0 Å². The highest BCUT2D eigenvalue weighted by atomic mass is 15.3. The number of aryl methyl sites for hydroxylation is 1. The molecule has 4 nitrogen and oxygen atoms in total. The van der Waals surface area contributed by atoms with Gasteiger partial charge in [-0.15, -0.1) is 0 Å². The van der Waals surface area contributed by atoms with Gasteiger partial charge in [0.2, 0.25) is 0 Å². The van der Waals surface area contributed by atoms with E-state index in [-0.39, 0.29) is 0 Å². The number of hydrogen-bond acceptors (Lipinski definition) is 3. The summed E-state index contributed by atoms with van der Waals surface area (Å²) in [5, 5.41) is 8.04. The van der Waals surface area contributed by atoms with Gasteiger partial charge in [0.05, 0.1) is 11.4 Å². The van der Waals surface area contributed by atoms with E-state index >= 15 is 0 Å². The topological polar surface area (TPSA) is 33.1 Å². The molecule has 0 amide bonds. The highest BCUT2D eigenvalue weighted by Gasteiger charge is 2.18. The highest BCUT2D eigenvalue weighted by Crippen LogP contribution is 2.24. The molecule has 0 unspecified atom stereocenters. The van der Waals surface area contributed by atoms with E-state index in [9.17, 15) is 0 Å². The van der Waals surface area contributed by atoms with E-state index in [0.717, 1.165) is 19.6 Å². The predicted octanol–water partition coefficient (Wildman–Crippen LogP) is 0.949. The zero-order valence-electron chi connectivity index (χ0n) is 10.5. The van der Waals surface area contributed by atoms with Crippen LogP contribution in [0.3, 0.4) is 0 Å². The van der Waals surface area contributed by atoms with Crippen molar-refractivity contribution < 1.29 is 0 Å². The molecule has 1 aliphatic heterocycles. The molecule has 0 spiro atoms. The van der Waals surface area contributed by atoms with Crippen molar-refractivity contribution in [3.8, 4) is 0 Å². The van der Waals surface area contributed by atoms with Crippen LogP contribution in [0.4, 0.5) is 0 Å². The molecule has 0 bridgehead atoms. The van der Waals surface area contributed by atoms with E-state index < -0.39 is 0 Å². The number of aromatic nitrogens is 2. The van der Waals surface area contributed by atoms with Crippen molar-refractivity contribution in [1.29, 1.82) is 0 Å². The fourth-order valence-corrected chi connectivity index (χ4v) is 2.32. The molecular formula is C12H22N4. The lowest BCUT2D eigenvalue weighted by Crippen LogP contribution is -2.26. The summed E-state index contributed by atoms with van der Waals surface area (Å²) in [6, 6.07) is 2.27. The Morgan fingerprint density at radius 1 is 1.44 bits per heavy atom. The van der Waals surface area contributed by atoms with Gasteiger partial charge in [-0.25, -0.2) is 0 Å². The summed E-state index contributed by atoms with van der Waals surface area (Å²) in [6.45, 7) is 3.23. The average Bonchev–Trinajstić information content (AvgIpc) is 2.61. The van der Waals surface area contributed by atoms with Gasteiger partial charge in [0.15, 0.2) is 0 Å².